The molecule has 1 heterocycles. The molecule has 6 heteroatoms. The number of esters is 1. The summed E-state index contributed by atoms with van der Waals surface area (Å²) in [6.07, 6.45) is 7.54. The molecule has 0 fully saturated rings. The van der Waals surface area contributed by atoms with E-state index in [1.807, 2.05) is 33.8 Å². The summed E-state index contributed by atoms with van der Waals surface area (Å²) in [5, 5.41) is 9.56. The Hall–Kier alpha value is -2.99. The highest BCUT2D eigenvalue weighted by Gasteiger charge is 2.18. The van der Waals surface area contributed by atoms with Crippen molar-refractivity contribution in [3.8, 4) is 0 Å². The van der Waals surface area contributed by atoms with Gasteiger partial charge in [0.1, 0.15) is 5.82 Å². The summed E-state index contributed by atoms with van der Waals surface area (Å²) < 4.78 is 18.1. The quantitative estimate of drug-likeness (QED) is 0.484. The van der Waals surface area contributed by atoms with Gasteiger partial charge >= 0.3 is 5.97 Å². The fraction of sp³-hybridized carbons (Fsp3) is 0.385. The van der Waals surface area contributed by atoms with Gasteiger partial charge in [0, 0.05) is 31.5 Å². The second kappa shape index (κ2) is 14.9. The van der Waals surface area contributed by atoms with Crippen molar-refractivity contribution in [3.63, 3.8) is 0 Å². The van der Waals surface area contributed by atoms with Crippen molar-refractivity contribution < 1.29 is 19.0 Å². The lowest BCUT2D eigenvalue weighted by molar-refractivity contribution is 0.0600. The van der Waals surface area contributed by atoms with Crippen molar-refractivity contribution in [1.82, 2.24) is 9.88 Å². The van der Waals surface area contributed by atoms with Crippen molar-refractivity contribution in [3.05, 3.63) is 83.1 Å². The van der Waals surface area contributed by atoms with E-state index in [9.17, 15) is 14.3 Å². The molecule has 32 heavy (non-hydrogen) atoms. The van der Waals surface area contributed by atoms with Crippen LogP contribution in [0.2, 0.25) is 0 Å². The number of nitrogens with zero attached hydrogens (tertiary/aromatic N) is 2. The molecule has 2 aromatic rings. The van der Waals surface area contributed by atoms with Crippen molar-refractivity contribution >= 4 is 11.7 Å². The molecule has 174 valence electrons. The highest BCUT2D eigenvalue weighted by molar-refractivity contribution is 5.90. The number of methoxy groups -OCH3 is 1. The Morgan fingerprint density at radius 1 is 1.22 bits per heavy atom. The SMILES string of the molecule is C/C=C(/CCO)N(CCc1ccc(F)cc1)/C(=C/CC)c1cc(C(=O)OC)ccn1.CC. The van der Waals surface area contributed by atoms with Gasteiger partial charge in [-0.25, -0.2) is 9.18 Å². The van der Waals surface area contributed by atoms with Crippen LogP contribution in [0.3, 0.4) is 0 Å². The number of aromatic nitrogens is 1. The lowest BCUT2D eigenvalue weighted by Crippen LogP contribution is -2.26. The third kappa shape index (κ3) is 7.93. The van der Waals surface area contributed by atoms with Crippen LogP contribution in [0, 0.1) is 5.82 Å². The number of aliphatic hydroxyl groups is 1. The van der Waals surface area contributed by atoms with Crippen LogP contribution in [-0.2, 0) is 11.2 Å². The molecular formula is C26H35FN2O3. The number of hydrogen-bond donors (Lipinski definition) is 1. The van der Waals surface area contributed by atoms with Crippen molar-refractivity contribution in [1.29, 1.82) is 0 Å². The summed E-state index contributed by atoms with van der Waals surface area (Å²) in [5.41, 5.74) is 3.88. The molecular weight excluding hydrogens is 407 g/mol. The number of carbonyl (C=O) groups excluding carboxylic acids is 1. The Morgan fingerprint density at radius 2 is 1.91 bits per heavy atom. The average molecular weight is 443 g/mol. The van der Waals surface area contributed by atoms with Gasteiger partial charge in [0.05, 0.1) is 24.1 Å². The maximum Gasteiger partial charge on any atom is 0.337 e. The lowest BCUT2D eigenvalue weighted by atomic mass is 10.1. The molecule has 0 amide bonds. The molecule has 0 saturated carbocycles. The van der Waals surface area contributed by atoms with E-state index in [4.69, 9.17) is 4.74 Å². The summed E-state index contributed by atoms with van der Waals surface area (Å²) >= 11 is 0. The summed E-state index contributed by atoms with van der Waals surface area (Å²) in [7, 11) is 1.35. The maximum atomic E-state index is 13.2. The standard InChI is InChI=1S/C24H29FN2O3.C2H6/c1-4-6-23(22-17-19(11-14-26-22)24(29)30-3)27(21(5-2)13-16-28)15-12-18-7-9-20(25)10-8-18;1-2/h5-11,14,17,28H,4,12-13,15-16H2,1-3H3;1-2H3/b21-5-,23-6+;. The smallest absolute Gasteiger partial charge is 0.337 e. The minimum absolute atomic E-state index is 0.0156. The van der Waals surface area contributed by atoms with Crippen LogP contribution in [0.15, 0.2) is 60.4 Å². The predicted octanol–water partition coefficient (Wildman–Crippen LogP) is 5.62. The zero-order chi connectivity index (χ0) is 23.9. The summed E-state index contributed by atoms with van der Waals surface area (Å²) in [6.45, 7) is 8.59. The topological polar surface area (TPSA) is 62.7 Å². The summed E-state index contributed by atoms with van der Waals surface area (Å²) in [5.74, 6) is -0.686. The molecule has 0 atom stereocenters. The van der Waals surface area contributed by atoms with Gasteiger partial charge in [0.15, 0.2) is 0 Å². The Bertz CT molecular complexity index is 892. The molecule has 2 rings (SSSR count). The van der Waals surface area contributed by atoms with Gasteiger partial charge in [0.2, 0.25) is 0 Å². The van der Waals surface area contributed by atoms with Crippen molar-refractivity contribution in [2.24, 2.45) is 0 Å². The number of rotatable bonds is 10. The fourth-order valence-electron chi connectivity index (χ4n) is 3.22. The Kier molecular flexibility index (Phi) is 12.6. The molecule has 0 aliphatic carbocycles. The largest absolute Gasteiger partial charge is 0.465 e. The van der Waals surface area contributed by atoms with Crippen LogP contribution >= 0.6 is 0 Å². The van der Waals surface area contributed by atoms with E-state index in [0.717, 1.165) is 23.4 Å². The fourth-order valence-corrected chi connectivity index (χ4v) is 3.22. The molecule has 0 aliphatic rings. The molecule has 1 aromatic carbocycles. The molecule has 5 nitrogen and oxygen atoms in total. The number of halogens is 1. The van der Waals surface area contributed by atoms with Crippen LogP contribution in [-0.4, -0.2) is 41.2 Å². The van der Waals surface area contributed by atoms with Crippen LogP contribution in [0.1, 0.15) is 62.2 Å². The monoisotopic (exact) mass is 442 g/mol. The number of benzene rings is 1. The van der Waals surface area contributed by atoms with E-state index < -0.39 is 5.97 Å². The van der Waals surface area contributed by atoms with Crippen LogP contribution in [0.5, 0.6) is 0 Å². The van der Waals surface area contributed by atoms with Gasteiger partial charge in [-0.05, 0) is 49.6 Å². The molecule has 0 aliphatic heterocycles. The van der Waals surface area contributed by atoms with E-state index in [1.165, 1.54) is 19.2 Å². The molecule has 1 aromatic heterocycles. The minimum Gasteiger partial charge on any atom is -0.465 e. The number of pyridine rings is 1. The Labute approximate surface area is 191 Å². The van der Waals surface area contributed by atoms with Crippen LogP contribution in [0.25, 0.3) is 5.70 Å². The predicted molar refractivity (Wildman–Crippen MR) is 127 cm³/mol. The first-order valence-electron chi connectivity index (χ1n) is 11.1. The van der Waals surface area contributed by atoms with Gasteiger partial charge in [-0.1, -0.05) is 45.1 Å². The first-order chi connectivity index (χ1) is 15.5. The van der Waals surface area contributed by atoms with Gasteiger partial charge in [-0.2, -0.15) is 0 Å². The number of ether oxygens (including phenoxy) is 1. The zero-order valence-corrected chi connectivity index (χ0v) is 19.8. The van der Waals surface area contributed by atoms with E-state index in [1.54, 1.807) is 30.5 Å². The lowest BCUT2D eigenvalue weighted by Gasteiger charge is -2.30. The average Bonchev–Trinajstić information content (AvgIpc) is 2.84. The summed E-state index contributed by atoms with van der Waals surface area (Å²) in [4.78, 5) is 18.6. The third-order valence-electron chi connectivity index (χ3n) is 4.72. The molecule has 0 radical (unpaired) electrons. The van der Waals surface area contributed by atoms with Gasteiger partial charge < -0.3 is 14.7 Å². The van der Waals surface area contributed by atoms with Crippen LogP contribution in [0.4, 0.5) is 4.39 Å². The van der Waals surface area contributed by atoms with E-state index >= 15 is 0 Å². The van der Waals surface area contributed by atoms with Gasteiger partial charge in [-0.3, -0.25) is 4.98 Å². The number of aliphatic hydroxyl groups excluding tert-OH is 1. The van der Waals surface area contributed by atoms with E-state index in [0.29, 0.717) is 30.6 Å². The number of hydrogen-bond acceptors (Lipinski definition) is 5. The van der Waals surface area contributed by atoms with Gasteiger partial charge in [0.25, 0.3) is 0 Å². The third-order valence-corrected chi connectivity index (χ3v) is 4.72. The zero-order valence-electron chi connectivity index (χ0n) is 19.8. The Balaban J connectivity index is 0.00000249. The van der Waals surface area contributed by atoms with E-state index in [2.05, 4.69) is 16.0 Å². The first-order valence-corrected chi connectivity index (χ1v) is 11.1. The molecule has 0 bridgehead atoms. The number of allylic oxidation sites excluding steroid dienone is 2. The maximum absolute atomic E-state index is 13.2. The van der Waals surface area contributed by atoms with Crippen molar-refractivity contribution in [2.45, 2.75) is 47.0 Å². The normalized spacial score (nSPS) is 11.5. The molecule has 0 saturated heterocycles. The minimum atomic E-state index is -0.422. The summed E-state index contributed by atoms with van der Waals surface area (Å²) in [6, 6.07) is 9.78. The molecule has 1 N–H and O–H groups in total. The number of carbonyl (C=O) groups is 1. The van der Waals surface area contributed by atoms with Crippen molar-refractivity contribution in [2.75, 3.05) is 20.3 Å². The second-order valence-corrected chi connectivity index (χ2v) is 6.70. The molecule has 0 unspecified atom stereocenters. The van der Waals surface area contributed by atoms with Crippen LogP contribution < -0.4 is 0 Å². The van der Waals surface area contributed by atoms with E-state index in [-0.39, 0.29) is 12.4 Å². The Morgan fingerprint density at radius 3 is 2.47 bits per heavy atom. The highest BCUT2D eigenvalue weighted by Crippen LogP contribution is 2.26. The molecule has 0 spiro atoms. The first kappa shape index (κ1) is 27.0. The van der Waals surface area contributed by atoms with Gasteiger partial charge in [-0.15, -0.1) is 0 Å². The highest BCUT2D eigenvalue weighted by atomic mass is 19.1. The second-order valence-electron chi connectivity index (χ2n) is 6.70.